The second-order valence-electron chi connectivity index (χ2n) is 5.63. The summed E-state index contributed by atoms with van der Waals surface area (Å²) in [5.74, 6) is 6.14. The molecule has 0 aliphatic heterocycles. The van der Waals surface area contributed by atoms with Crippen molar-refractivity contribution in [2.45, 2.75) is 32.7 Å². The lowest BCUT2D eigenvalue weighted by atomic mass is 9.93. The predicted molar refractivity (Wildman–Crippen MR) is 68.1 cm³/mol. The largest absolute Gasteiger partial charge is 0.353 e. The summed E-state index contributed by atoms with van der Waals surface area (Å²) in [5, 5.41) is 3.27. The van der Waals surface area contributed by atoms with E-state index in [1.807, 2.05) is 0 Å². The first-order valence-corrected chi connectivity index (χ1v) is 5.85. The Morgan fingerprint density at radius 1 is 1.44 bits per heavy atom. The Labute approximate surface area is 98.4 Å². The first kappa shape index (κ1) is 13.3. The van der Waals surface area contributed by atoms with Crippen molar-refractivity contribution in [2.24, 2.45) is 16.3 Å². The predicted octanol–water partition coefficient (Wildman–Crippen LogP) is 0.146. The van der Waals surface area contributed by atoms with E-state index in [1.165, 1.54) is 12.8 Å². The van der Waals surface area contributed by atoms with Crippen LogP contribution in [0, 0.1) is 5.41 Å². The van der Waals surface area contributed by atoms with Gasteiger partial charge in [0.15, 0.2) is 0 Å². The maximum absolute atomic E-state index is 5.43. The molecule has 94 valence electrons. The van der Waals surface area contributed by atoms with Crippen molar-refractivity contribution in [3.8, 4) is 0 Å². The maximum atomic E-state index is 5.43. The number of guanidine groups is 1. The van der Waals surface area contributed by atoms with Gasteiger partial charge >= 0.3 is 0 Å². The molecule has 0 heterocycles. The van der Waals surface area contributed by atoms with Crippen molar-refractivity contribution in [1.82, 2.24) is 15.6 Å². The van der Waals surface area contributed by atoms with Crippen molar-refractivity contribution < 1.29 is 0 Å². The topological polar surface area (TPSA) is 65.7 Å². The molecule has 0 atom stereocenters. The highest BCUT2D eigenvalue weighted by Gasteiger charge is 2.23. The van der Waals surface area contributed by atoms with Crippen molar-refractivity contribution in [3.63, 3.8) is 0 Å². The van der Waals surface area contributed by atoms with Gasteiger partial charge in [-0.2, -0.15) is 0 Å². The molecule has 0 amide bonds. The normalized spacial score (nSPS) is 17.8. The van der Waals surface area contributed by atoms with Gasteiger partial charge < -0.3 is 10.2 Å². The van der Waals surface area contributed by atoms with E-state index in [9.17, 15) is 0 Å². The van der Waals surface area contributed by atoms with E-state index >= 15 is 0 Å². The minimum Gasteiger partial charge on any atom is -0.353 e. The zero-order valence-corrected chi connectivity index (χ0v) is 10.9. The Bertz CT molecular complexity index is 243. The lowest BCUT2D eigenvalue weighted by Crippen LogP contribution is -2.43. The average molecular weight is 227 g/mol. The number of nitrogens with zero attached hydrogens (tertiary/aromatic N) is 2. The number of nitrogens with one attached hydrogen (secondary N) is 2. The van der Waals surface area contributed by atoms with Gasteiger partial charge in [-0.05, 0) is 32.4 Å². The van der Waals surface area contributed by atoms with E-state index in [0.29, 0.717) is 12.0 Å². The SMILES string of the molecule is CN(C)CC(C)(C)CN=C(NN)NC1CC1. The van der Waals surface area contributed by atoms with E-state index in [-0.39, 0.29) is 5.41 Å². The third-order valence-corrected chi connectivity index (χ3v) is 2.46. The summed E-state index contributed by atoms with van der Waals surface area (Å²) in [7, 11) is 4.16. The standard InChI is InChI=1S/C11H25N5/c1-11(2,8-16(3)4)7-13-10(15-12)14-9-5-6-9/h9H,5-8,12H2,1-4H3,(H2,13,14,15). The van der Waals surface area contributed by atoms with Gasteiger partial charge in [0.2, 0.25) is 5.96 Å². The lowest BCUT2D eigenvalue weighted by molar-refractivity contribution is 0.248. The lowest BCUT2D eigenvalue weighted by Gasteiger charge is -2.26. The Morgan fingerprint density at radius 3 is 2.50 bits per heavy atom. The summed E-state index contributed by atoms with van der Waals surface area (Å²) in [6.45, 7) is 6.20. The molecule has 0 unspecified atom stereocenters. The maximum Gasteiger partial charge on any atom is 0.205 e. The molecule has 4 N–H and O–H groups in total. The number of hydrogen-bond acceptors (Lipinski definition) is 3. The first-order chi connectivity index (χ1) is 7.43. The molecule has 0 aromatic heterocycles. The molecule has 1 aliphatic carbocycles. The van der Waals surface area contributed by atoms with Crippen LogP contribution in [-0.2, 0) is 0 Å². The molecular weight excluding hydrogens is 202 g/mol. The summed E-state index contributed by atoms with van der Waals surface area (Å²) in [5.41, 5.74) is 2.79. The van der Waals surface area contributed by atoms with Gasteiger partial charge in [-0.15, -0.1) is 0 Å². The molecule has 1 aliphatic rings. The molecule has 1 saturated carbocycles. The molecule has 0 spiro atoms. The summed E-state index contributed by atoms with van der Waals surface area (Å²) in [6.07, 6.45) is 2.45. The second-order valence-corrected chi connectivity index (χ2v) is 5.63. The van der Waals surface area contributed by atoms with Crippen LogP contribution in [0.5, 0.6) is 0 Å². The quantitative estimate of drug-likeness (QED) is 0.271. The van der Waals surface area contributed by atoms with Gasteiger partial charge in [-0.1, -0.05) is 13.8 Å². The van der Waals surface area contributed by atoms with Gasteiger partial charge in [-0.25, -0.2) is 5.84 Å². The highest BCUT2D eigenvalue weighted by molar-refractivity contribution is 5.79. The van der Waals surface area contributed by atoms with Gasteiger partial charge in [0, 0.05) is 19.1 Å². The van der Waals surface area contributed by atoms with Crippen molar-refractivity contribution >= 4 is 5.96 Å². The van der Waals surface area contributed by atoms with E-state index in [0.717, 1.165) is 13.1 Å². The van der Waals surface area contributed by atoms with E-state index in [4.69, 9.17) is 5.84 Å². The Balaban J connectivity index is 2.40. The Morgan fingerprint density at radius 2 is 2.06 bits per heavy atom. The molecule has 1 rings (SSSR count). The zero-order valence-electron chi connectivity index (χ0n) is 10.9. The van der Waals surface area contributed by atoms with Crippen molar-refractivity contribution in [2.75, 3.05) is 27.2 Å². The fourth-order valence-corrected chi connectivity index (χ4v) is 1.75. The summed E-state index contributed by atoms with van der Waals surface area (Å²) < 4.78 is 0. The summed E-state index contributed by atoms with van der Waals surface area (Å²) in [6, 6.07) is 0.576. The zero-order chi connectivity index (χ0) is 12.2. The number of hydrogen-bond donors (Lipinski definition) is 3. The van der Waals surface area contributed by atoms with Crippen LogP contribution in [0.25, 0.3) is 0 Å². The smallest absolute Gasteiger partial charge is 0.205 e. The first-order valence-electron chi connectivity index (χ1n) is 5.85. The van der Waals surface area contributed by atoms with Crippen LogP contribution in [0.15, 0.2) is 4.99 Å². The summed E-state index contributed by atoms with van der Waals surface area (Å²) >= 11 is 0. The average Bonchev–Trinajstić information content (AvgIpc) is 2.93. The van der Waals surface area contributed by atoms with Crippen LogP contribution in [-0.4, -0.2) is 44.1 Å². The Hall–Kier alpha value is -0.810. The van der Waals surface area contributed by atoms with Gasteiger partial charge in [0.25, 0.3) is 0 Å². The van der Waals surface area contributed by atoms with Crippen molar-refractivity contribution in [1.29, 1.82) is 0 Å². The minimum absolute atomic E-state index is 0.164. The molecule has 0 aromatic carbocycles. The second kappa shape index (κ2) is 5.50. The third-order valence-electron chi connectivity index (χ3n) is 2.46. The molecule has 5 nitrogen and oxygen atoms in total. The van der Waals surface area contributed by atoms with Gasteiger partial charge in [-0.3, -0.25) is 10.4 Å². The number of hydrazine groups is 1. The molecule has 5 heteroatoms. The molecule has 0 radical (unpaired) electrons. The third kappa shape index (κ3) is 5.32. The van der Waals surface area contributed by atoms with E-state index < -0.39 is 0 Å². The van der Waals surface area contributed by atoms with Crippen LogP contribution >= 0.6 is 0 Å². The molecule has 16 heavy (non-hydrogen) atoms. The fourth-order valence-electron chi connectivity index (χ4n) is 1.75. The number of aliphatic imine (C=N–C) groups is 1. The van der Waals surface area contributed by atoms with Gasteiger partial charge in [0.05, 0.1) is 0 Å². The van der Waals surface area contributed by atoms with Crippen LogP contribution in [0.4, 0.5) is 0 Å². The van der Waals surface area contributed by atoms with Crippen LogP contribution in [0.2, 0.25) is 0 Å². The summed E-state index contributed by atoms with van der Waals surface area (Å²) in [4.78, 5) is 6.67. The van der Waals surface area contributed by atoms with Crippen LogP contribution in [0.3, 0.4) is 0 Å². The Kier molecular flexibility index (Phi) is 4.56. The fraction of sp³-hybridized carbons (Fsp3) is 0.909. The van der Waals surface area contributed by atoms with Crippen LogP contribution < -0.4 is 16.6 Å². The molecular formula is C11H25N5. The minimum atomic E-state index is 0.164. The number of nitrogens with two attached hydrogens (primary N) is 1. The molecule has 1 fully saturated rings. The number of rotatable bonds is 5. The van der Waals surface area contributed by atoms with Crippen LogP contribution in [0.1, 0.15) is 26.7 Å². The molecule has 0 aromatic rings. The van der Waals surface area contributed by atoms with Crippen molar-refractivity contribution in [3.05, 3.63) is 0 Å². The highest BCUT2D eigenvalue weighted by Crippen LogP contribution is 2.19. The highest BCUT2D eigenvalue weighted by atomic mass is 15.3. The molecule has 0 bridgehead atoms. The van der Waals surface area contributed by atoms with Gasteiger partial charge in [0.1, 0.15) is 0 Å². The monoisotopic (exact) mass is 227 g/mol. The van der Waals surface area contributed by atoms with E-state index in [1.54, 1.807) is 0 Å². The van der Waals surface area contributed by atoms with E-state index in [2.05, 4.69) is 48.6 Å². The molecule has 0 saturated heterocycles.